The van der Waals surface area contributed by atoms with Gasteiger partial charge in [-0.25, -0.2) is 9.97 Å². The third-order valence-corrected chi connectivity index (χ3v) is 10.2. The van der Waals surface area contributed by atoms with Gasteiger partial charge in [-0.1, -0.05) is 103 Å². The molecule has 0 spiro atoms. The minimum absolute atomic E-state index is 0.187. The summed E-state index contributed by atoms with van der Waals surface area (Å²) in [7, 11) is -4.38. The summed E-state index contributed by atoms with van der Waals surface area (Å²) in [5, 5.41) is 0. The van der Waals surface area contributed by atoms with Gasteiger partial charge in [-0.3, -0.25) is 4.55 Å². The van der Waals surface area contributed by atoms with E-state index < -0.39 is 10.1 Å². The van der Waals surface area contributed by atoms with Crippen LogP contribution in [0.15, 0.2) is 144 Å². The zero-order valence-electron chi connectivity index (χ0n) is 27.7. The van der Waals surface area contributed by atoms with E-state index in [0.717, 1.165) is 72.4 Å². The molecule has 52 heavy (non-hydrogen) atoms. The van der Waals surface area contributed by atoms with Crippen LogP contribution >= 0.6 is 0 Å². The summed E-state index contributed by atoms with van der Waals surface area (Å²) in [6.45, 7) is 0. The van der Waals surface area contributed by atoms with Crippen molar-refractivity contribution in [2.24, 2.45) is 0 Å². The molecule has 0 saturated heterocycles. The Balaban J connectivity index is 1.46. The topological polar surface area (TPSA) is 112 Å². The molecule has 0 atom stereocenters. The molecular weight excluding hydrogens is 665 g/mol. The van der Waals surface area contributed by atoms with Gasteiger partial charge in [0.1, 0.15) is 0 Å². The van der Waals surface area contributed by atoms with Crippen molar-refractivity contribution in [2.75, 3.05) is 0 Å². The monoisotopic (exact) mass is 694 g/mol. The Morgan fingerprint density at radius 3 is 1.10 bits per heavy atom. The van der Waals surface area contributed by atoms with Crippen LogP contribution in [0.4, 0.5) is 0 Å². The maximum absolute atomic E-state index is 11.9. The van der Waals surface area contributed by atoms with Crippen molar-refractivity contribution in [1.29, 1.82) is 0 Å². The lowest BCUT2D eigenvalue weighted by Gasteiger charge is -2.07. The Labute approximate surface area is 300 Å². The molecule has 4 aromatic carbocycles. The second-order valence-corrected chi connectivity index (χ2v) is 14.0. The molecule has 3 aromatic heterocycles. The molecule has 0 fully saturated rings. The van der Waals surface area contributed by atoms with Crippen molar-refractivity contribution < 1.29 is 13.0 Å². The second-order valence-electron chi connectivity index (χ2n) is 12.6. The number of nitrogens with one attached hydrogen (secondary N) is 2. The summed E-state index contributed by atoms with van der Waals surface area (Å²) in [5.41, 5.74) is 14.0. The molecule has 5 heterocycles. The molecule has 7 nitrogen and oxygen atoms in total. The van der Waals surface area contributed by atoms with E-state index in [-0.39, 0.29) is 4.90 Å². The van der Waals surface area contributed by atoms with Crippen molar-refractivity contribution >= 4 is 56.5 Å². The number of nitrogens with zero attached hydrogens (tertiary/aromatic N) is 2. The Morgan fingerprint density at radius 2 is 0.712 bits per heavy atom. The van der Waals surface area contributed by atoms with Crippen molar-refractivity contribution in [3.63, 3.8) is 0 Å². The van der Waals surface area contributed by atoms with E-state index >= 15 is 0 Å². The summed E-state index contributed by atoms with van der Waals surface area (Å²) in [5.74, 6) is 0. The third kappa shape index (κ3) is 5.66. The minimum Gasteiger partial charge on any atom is -0.354 e. The number of rotatable bonds is 5. The van der Waals surface area contributed by atoms with Gasteiger partial charge in [0, 0.05) is 44.3 Å². The van der Waals surface area contributed by atoms with Crippen LogP contribution < -0.4 is 0 Å². The lowest BCUT2D eigenvalue weighted by atomic mass is 10.0. The second kappa shape index (κ2) is 12.6. The van der Waals surface area contributed by atoms with Gasteiger partial charge in [0.25, 0.3) is 10.1 Å². The number of fused-ring (bicyclic) bond motifs is 8. The summed E-state index contributed by atoms with van der Waals surface area (Å²) >= 11 is 0. The fourth-order valence-electron chi connectivity index (χ4n) is 7.03. The summed E-state index contributed by atoms with van der Waals surface area (Å²) in [6, 6.07) is 45.3. The highest BCUT2D eigenvalue weighted by Gasteiger charge is 2.20. The fraction of sp³-hybridized carbons (Fsp3) is 0. The van der Waals surface area contributed by atoms with Crippen LogP contribution in [-0.4, -0.2) is 32.9 Å². The molecule has 7 aromatic rings. The molecule has 250 valence electrons. The third-order valence-electron chi connectivity index (χ3n) is 9.38. The van der Waals surface area contributed by atoms with Crippen LogP contribution in [0.3, 0.4) is 0 Å². The number of hydrogen-bond donors (Lipinski definition) is 3. The highest BCUT2D eigenvalue weighted by Crippen LogP contribution is 2.38. The summed E-state index contributed by atoms with van der Waals surface area (Å²) in [6.07, 6.45) is 7.96. The molecule has 2 aliphatic rings. The van der Waals surface area contributed by atoms with E-state index in [4.69, 9.17) is 9.97 Å². The number of aromatic amines is 2. The molecule has 8 bridgehead atoms. The van der Waals surface area contributed by atoms with Gasteiger partial charge >= 0.3 is 0 Å². The van der Waals surface area contributed by atoms with Crippen LogP contribution in [0.5, 0.6) is 0 Å². The molecule has 0 radical (unpaired) electrons. The Hall–Kier alpha value is -6.61. The highest BCUT2D eigenvalue weighted by atomic mass is 32.2. The highest BCUT2D eigenvalue weighted by molar-refractivity contribution is 7.85. The maximum atomic E-state index is 11.9. The van der Waals surface area contributed by atoms with E-state index in [1.54, 1.807) is 12.1 Å². The molecule has 0 amide bonds. The minimum atomic E-state index is -4.38. The van der Waals surface area contributed by atoms with E-state index in [2.05, 4.69) is 70.6 Å². The number of aromatic nitrogens is 4. The average Bonchev–Trinajstić information content (AvgIpc) is 4.01. The van der Waals surface area contributed by atoms with Crippen LogP contribution in [0.25, 0.3) is 90.9 Å². The Morgan fingerprint density at radius 1 is 0.385 bits per heavy atom. The zero-order valence-corrected chi connectivity index (χ0v) is 28.5. The molecular formula is C44H30N4O3S. The predicted octanol–water partition coefficient (Wildman–Crippen LogP) is 10.6. The zero-order chi connectivity index (χ0) is 35.2. The maximum Gasteiger partial charge on any atom is 0.294 e. The van der Waals surface area contributed by atoms with E-state index in [9.17, 15) is 13.0 Å². The van der Waals surface area contributed by atoms with Gasteiger partial charge in [-0.05, 0) is 83.0 Å². The van der Waals surface area contributed by atoms with Crippen LogP contribution in [0, 0.1) is 0 Å². The largest absolute Gasteiger partial charge is 0.354 e. The van der Waals surface area contributed by atoms with Gasteiger partial charge in [0.05, 0.1) is 27.7 Å². The standard InChI is InChI=1S/C44H30N4O3S/c49-52(50,51)32-18-16-31(17-19-32)44-39-26-24-37(47-39)42(29-12-6-2-7-13-29)35-22-20-33(45-35)41(28-10-4-1-5-11-28)34-21-23-36(46-34)43(30-14-8-3-9-15-30)38-25-27-40(44)48-38/h1-27,45-46H,(H,49,50,51). The van der Waals surface area contributed by atoms with Crippen LogP contribution in [0.2, 0.25) is 0 Å². The molecule has 0 saturated carbocycles. The molecule has 2 aliphatic heterocycles. The molecule has 3 N–H and O–H groups in total. The summed E-state index contributed by atoms with van der Waals surface area (Å²) in [4.78, 5) is 17.8. The van der Waals surface area contributed by atoms with E-state index in [1.165, 1.54) is 12.1 Å². The van der Waals surface area contributed by atoms with Gasteiger partial charge < -0.3 is 9.97 Å². The molecule has 0 unspecified atom stereocenters. The number of hydrogen-bond acceptors (Lipinski definition) is 4. The molecule has 0 aliphatic carbocycles. The van der Waals surface area contributed by atoms with Crippen molar-refractivity contribution in [3.05, 3.63) is 162 Å². The SMILES string of the molecule is O=S(=O)(O)c1ccc(-c2c3nc(c(-c4ccccc4)c4ccc([nH]4)c(-c4ccccc4)c4ccc([nH]4)c(-c4ccccc4)c4nc2C=C4)C=C3)cc1. The smallest absolute Gasteiger partial charge is 0.294 e. The lowest BCUT2D eigenvalue weighted by molar-refractivity contribution is 0.483. The number of H-pyrrole nitrogens is 2. The van der Waals surface area contributed by atoms with Gasteiger partial charge in [-0.2, -0.15) is 8.42 Å². The first-order chi connectivity index (χ1) is 25.4. The first-order valence-corrected chi connectivity index (χ1v) is 18.3. The fourth-order valence-corrected chi connectivity index (χ4v) is 7.51. The number of benzene rings is 4. The molecule has 9 rings (SSSR count). The molecule has 8 heteroatoms. The van der Waals surface area contributed by atoms with Crippen molar-refractivity contribution in [3.8, 4) is 44.5 Å². The first-order valence-electron chi connectivity index (χ1n) is 16.8. The van der Waals surface area contributed by atoms with E-state index in [1.807, 2.05) is 78.9 Å². The lowest BCUT2D eigenvalue weighted by Crippen LogP contribution is -1.97. The normalized spacial score (nSPS) is 12.3. The Bertz CT molecular complexity index is 2700. The van der Waals surface area contributed by atoms with Gasteiger partial charge in [0.15, 0.2) is 0 Å². The van der Waals surface area contributed by atoms with Crippen molar-refractivity contribution in [1.82, 2.24) is 19.9 Å². The van der Waals surface area contributed by atoms with Crippen LogP contribution in [-0.2, 0) is 10.1 Å². The first kappa shape index (κ1) is 31.4. The summed E-state index contributed by atoms with van der Waals surface area (Å²) < 4.78 is 33.6. The van der Waals surface area contributed by atoms with E-state index in [0.29, 0.717) is 17.0 Å². The quantitative estimate of drug-likeness (QED) is 0.155. The average molecular weight is 695 g/mol. The predicted molar refractivity (Wildman–Crippen MR) is 210 cm³/mol. The van der Waals surface area contributed by atoms with Gasteiger partial charge in [0.2, 0.25) is 0 Å². The van der Waals surface area contributed by atoms with Crippen LogP contribution in [0.1, 0.15) is 22.8 Å². The van der Waals surface area contributed by atoms with Gasteiger partial charge in [-0.15, -0.1) is 0 Å². The van der Waals surface area contributed by atoms with Crippen molar-refractivity contribution in [2.45, 2.75) is 4.90 Å². The Kier molecular flexibility index (Phi) is 7.61.